The van der Waals surface area contributed by atoms with Crippen molar-refractivity contribution in [3.63, 3.8) is 0 Å². The van der Waals surface area contributed by atoms with Crippen LogP contribution in [-0.4, -0.2) is 48.7 Å². The maximum atomic E-state index is 12.7. The van der Waals surface area contributed by atoms with Crippen LogP contribution in [0.5, 0.6) is 17.2 Å². The van der Waals surface area contributed by atoms with Gasteiger partial charge in [-0.25, -0.2) is 9.48 Å². The van der Waals surface area contributed by atoms with Crippen LogP contribution in [0.25, 0.3) is 0 Å². The molecule has 9 nitrogen and oxygen atoms in total. The topological polar surface area (TPSA) is 96.7 Å². The molecule has 9 heteroatoms. The number of allylic oxidation sites excluding steroid dienone is 1. The Hall–Kier alpha value is -3.23. The first-order valence-corrected chi connectivity index (χ1v) is 8.40. The molecule has 1 unspecified atom stereocenters. The molecular formula is C18H22N4O5. The summed E-state index contributed by atoms with van der Waals surface area (Å²) in [5.74, 6) is 1.53. The zero-order valence-corrected chi connectivity index (χ0v) is 15.9. The number of nitrogens with one attached hydrogen (secondary N) is 1. The van der Waals surface area contributed by atoms with Gasteiger partial charge in [0, 0.05) is 5.70 Å². The Morgan fingerprint density at radius 3 is 2.41 bits per heavy atom. The van der Waals surface area contributed by atoms with Gasteiger partial charge in [-0.3, -0.25) is 0 Å². The Balaban J connectivity index is 2.22. The minimum atomic E-state index is -0.559. The summed E-state index contributed by atoms with van der Waals surface area (Å²) in [7, 11) is 4.61. The van der Waals surface area contributed by atoms with Crippen molar-refractivity contribution in [1.29, 1.82) is 0 Å². The molecule has 0 saturated heterocycles. The van der Waals surface area contributed by atoms with Crippen LogP contribution < -0.4 is 19.5 Å². The highest BCUT2D eigenvalue weighted by Crippen LogP contribution is 2.43. The Bertz CT molecular complexity index is 865. The Kier molecular flexibility index (Phi) is 5.20. The van der Waals surface area contributed by atoms with Gasteiger partial charge in [0.15, 0.2) is 11.5 Å². The molecule has 2 aromatic rings. The van der Waals surface area contributed by atoms with Crippen LogP contribution in [-0.2, 0) is 9.53 Å². The molecule has 0 fully saturated rings. The Morgan fingerprint density at radius 1 is 1.19 bits per heavy atom. The molecule has 0 amide bonds. The largest absolute Gasteiger partial charge is 0.493 e. The minimum Gasteiger partial charge on any atom is -0.493 e. The van der Waals surface area contributed by atoms with E-state index in [1.54, 1.807) is 30.7 Å². The van der Waals surface area contributed by atoms with Gasteiger partial charge in [0.05, 0.1) is 33.5 Å². The maximum absolute atomic E-state index is 12.7. The van der Waals surface area contributed by atoms with Crippen molar-refractivity contribution < 1.29 is 23.7 Å². The fourth-order valence-electron chi connectivity index (χ4n) is 3.13. The second-order valence-electron chi connectivity index (χ2n) is 5.77. The molecule has 1 aromatic heterocycles. The number of aromatic nitrogens is 3. The molecule has 0 bridgehead atoms. The maximum Gasteiger partial charge on any atom is 0.338 e. The van der Waals surface area contributed by atoms with E-state index < -0.39 is 12.0 Å². The van der Waals surface area contributed by atoms with Crippen LogP contribution in [0.15, 0.2) is 29.7 Å². The van der Waals surface area contributed by atoms with Crippen molar-refractivity contribution in [1.82, 2.24) is 14.8 Å². The summed E-state index contributed by atoms with van der Waals surface area (Å²) < 4.78 is 23.2. The fraction of sp³-hybridized carbons (Fsp3) is 0.389. The van der Waals surface area contributed by atoms with Crippen LogP contribution in [0.1, 0.15) is 25.5 Å². The third-order valence-corrected chi connectivity index (χ3v) is 4.29. The van der Waals surface area contributed by atoms with Crippen molar-refractivity contribution >= 4 is 11.9 Å². The van der Waals surface area contributed by atoms with E-state index in [4.69, 9.17) is 18.9 Å². The highest BCUT2D eigenvalue weighted by Gasteiger charge is 2.35. The number of methoxy groups -OCH3 is 3. The molecule has 2 heterocycles. The average Bonchev–Trinajstić information content (AvgIpc) is 3.13. The molecule has 1 aromatic carbocycles. The summed E-state index contributed by atoms with van der Waals surface area (Å²) in [5.41, 5.74) is 1.80. The van der Waals surface area contributed by atoms with E-state index in [1.807, 2.05) is 0 Å². The predicted molar refractivity (Wildman–Crippen MR) is 97.2 cm³/mol. The minimum absolute atomic E-state index is 0.266. The first-order chi connectivity index (χ1) is 13.0. The van der Waals surface area contributed by atoms with Gasteiger partial charge >= 0.3 is 5.97 Å². The number of carbonyl (C=O) groups excluding carboxylic acids is 1. The van der Waals surface area contributed by atoms with Crippen LogP contribution in [0, 0.1) is 0 Å². The highest BCUT2D eigenvalue weighted by atomic mass is 16.5. The van der Waals surface area contributed by atoms with E-state index in [-0.39, 0.29) is 6.61 Å². The third-order valence-electron chi connectivity index (χ3n) is 4.29. The smallest absolute Gasteiger partial charge is 0.338 e. The first-order valence-electron chi connectivity index (χ1n) is 8.40. The third kappa shape index (κ3) is 3.16. The first kappa shape index (κ1) is 18.6. The molecule has 1 N–H and O–H groups in total. The van der Waals surface area contributed by atoms with E-state index in [2.05, 4.69) is 15.4 Å². The number of carbonyl (C=O) groups is 1. The van der Waals surface area contributed by atoms with Crippen molar-refractivity contribution in [2.75, 3.05) is 33.3 Å². The van der Waals surface area contributed by atoms with E-state index >= 15 is 0 Å². The van der Waals surface area contributed by atoms with Gasteiger partial charge in [0.2, 0.25) is 11.7 Å². The summed E-state index contributed by atoms with van der Waals surface area (Å²) in [4.78, 5) is 16.9. The molecule has 0 aliphatic carbocycles. The SMILES string of the molecule is CCOC(=O)C1=C(C)Nc2ncnn2C1c1cc(OC)c(OC)c(OC)c1. The molecular weight excluding hydrogens is 352 g/mol. The number of ether oxygens (including phenoxy) is 4. The number of rotatable bonds is 6. The number of hydrogen-bond acceptors (Lipinski definition) is 8. The van der Waals surface area contributed by atoms with Gasteiger partial charge in [-0.1, -0.05) is 0 Å². The Morgan fingerprint density at radius 2 is 1.85 bits per heavy atom. The van der Waals surface area contributed by atoms with Gasteiger partial charge in [-0.2, -0.15) is 10.1 Å². The van der Waals surface area contributed by atoms with Crippen molar-refractivity contribution in [3.05, 3.63) is 35.3 Å². The number of anilines is 1. The van der Waals surface area contributed by atoms with Gasteiger partial charge in [-0.05, 0) is 31.5 Å². The normalized spacial score (nSPS) is 15.7. The summed E-state index contributed by atoms with van der Waals surface area (Å²) in [5, 5.41) is 7.37. The number of benzene rings is 1. The number of esters is 1. The summed E-state index contributed by atoms with van der Waals surface area (Å²) >= 11 is 0. The molecule has 0 spiro atoms. The molecule has 1 aliphatic rings. The number of hydrogen-bond donors (Lipinski definition) is 1. The second kappa shape index (κ2) is 7.56. The van der Waals surface area contributed by atoms with E-state index in [0.717, 1.165) is 5.56 Å². The zero-order valence-electron chi connectivity index (χ0n) is 15.9. The zero-order chi connectivity index (χ0) is 19.6. The van der Waals surface area contributed by atoms with Gasteiger partial charge in [-0.15, -0.1) is 0 Å². The summed E-state index contributed by atoms with van der Waals surface area (Å²) in [6, 6.07) is 3.02. The molecule has 144 valence electrons. The van der Waals surface area contributed by atoms with Crippen LogP contribution in [0.4, 0.5) is 5.95 Å². The lowest BCUT2D eigenvalue weighted by molar-refractivity contribution is -0.139. The molecule has 0 saturated carbocycles. The second-order valence-corrected chi connectivity index (χ2v) is 5.77. The lowest BCUT2D eigenvalue weighted by Crippen LogP contribution is -2.29. The quantitative estimate of drug-likeness (QED) is 0.769. The molecule has 3 rings (SSSR count). The highest BCUT2D eigenvalue weighted by molar-refractivity contribution is 5.92. The Labute approximate surface area is 156 Å². The van der Waals surface area contributed by atoms with Crippen molar-refractivity contribution in [2.24, 2.45) is 0 Å². The van der Waals surface area contributed by atoms with Gasteiger partial charge in [0.25, 0.3) is 0 Å². The summed E-state index contributed by atoms with van der Waals surface area (Å²) in [6.45, 7) is 3.83. The molecule has 1 atom stereocenters. The molecule has 27 heavy (non-hydrogen) atoms. The monoisotopic (exact) mass is 374 g/mol. The number of nitrogens with zero attached hydrogens (tertiary/aromatic N) is 3. The predicted octanol–water partition coefficient (Wildman–Crippen LogP) is 2.16. The average molecular weight is 374 g/mol. The molecule has 0 radical (unpaired) electrons. The van der Waals surface area contributed by atoms with Crippen LogP contribution >= 0.6 is 0 Å². The van der Waals surface area contributed by atoms with Crippen LogP contribution in [0.3, 0.4) is 0 Å². The lowest BCUT2D eigenvalue weighted by Gasteiger charge is -2.28. The summed E-state index contributed by atoms with van der Waals surface area (Å²) in [6.07, 6.45) is 1.43. The standard InChI is InChI=1S/C18H22N4O5/c1-6-27-17(23)14-10(2)21-18-19-9-20-22(18)15(14)11-7-12(24-3)16(26-5)13(8-11)25-4/h7-9,15H,6H2,1-5H3,(H,19,20,21). The van der Waals surface area contributed by atoms with Crippen LogP contribution in [0.2, 0.25) is 0 Å². The van der Waals surface area contributed by atoms with E-state index in [9.17, 15) is 4.79 Å². The van der Waals surface area contributed by atoms with E-state index in [0.29, 0.717) is 34.5 Å². The lowest BCUT2D eigenvalue weighted by atomic mass is 9.95. The van der Waals surface area contributed by atoms with E-state index in [1.165, 1.54) is 27.7 Å². The van der Waals surface area contributed by atoms with Crippen molar-refractivity contribution in [3.8, 4) is 17.2 Å². The van der Waals surface area contributed by atoms with Gasteiger partial charge in [0.1, 0.15) is 12.4 Å². The van der Waals surface area contributed by atoms with Crippen molar-refractivity contribution in [2.45, 2.75) is 19.9 Å². The molecule has 1 aliphatic heterocycles. The number of fused-ring (bicyclic) bond motifs is 1. The fourth-order valence-corrected chi connectivity index (χ4v) is 3.13. The van der Waals surface area contributed by atoms with Gasteiger partial charge < -0.3 is 24.3 Å².